The minimum absolute atomic E-state index is 0.0417. The van der Waals surface area contributed by atoms with Crippen LogP contribution in [-0.4, -0.2) is 70.6 Å². The highest BCUT2D eigenvalue weighted by Crippen LogP contribution is 2.37. The van der Waals surface area contributed by atoms with E-state index in [1.165, 1.54) is 5.45 Å². The Kier molecular flexibility index (Phi) is 11.7. The smallest absolute Gasteiger partial charge is 0.229 e. The molecule has 1 aromatic carbocycles. The Bertz CT molecular complexity index is 899. The second-order valence-corrected chi connectivity index (χ2v) is 13.4. The number of piperidine rings is 1. The van der Waals surface area contributed by atoms with Gasteiger partial charge in [-0.1, -0.05) is 26.6 Å². The number of nitrogens with one attached hydrogen (secondary N) is 1. The summed E-state index contributed by atoms with van der Waals surface area (Å²) in [6.07, 6.45) is 4.59. The molecule has 9 heteroatoms. The number of hydrogen-bond donors (Lipinski definition) is 1. The molecule has 1 aliphatic rings. The van der Waals surface area contributed by atoms with Crippen LogP contribution in [-0.2, 0) is 26.0 Å². The van der Waals surface area contributed by atoms with Crippen LogP contribution in [0.25, 0.3) is 0 Å². The lowest BCUT2D eigenvalue weighted by atomic mass is 9.98. The molecule has 1 amide bonds. The summed E-state index contributed by atoms with van der Waals surface area (Å²) < 4.78 is 29.9. The number of ether oxygens (including phenoxy) is 1. The van der Waals surface area contributed by atoms with Crippen molar-refractivity contribution in [1.29, 1.82) is 0 Å². The predicted octanol–water partition coefficient (Wildman–Crippen LogP) is 4.55. The molecule has 1 saturated heterocycles. The zero-order chi connectivity index (χ0) is 25.2. The lowest BCUT2D eigenvalue weighted by molar-refractivity contribution is -0.119. The number of rotatable bonds is 8. The van der Waals surface area contributed by atoms with Crippen molar-refractivity contribution >= 4 is 35.5 Å². The summed E-state index contributed by atoms with van der Waals surface area (Å²) in [5, 5.41) is 0. The fourth-order valence-corrected chi connectivity index (χ4v) is 5.06. The van der Waals surface area contributed by atoms with Crippen LogP contribution in [0.15, 0.2) is 41.5 Å². The average molecular weight is 498 g/mol. The lowest BCUT2D eigenvalue weighted by Gasteiger charge is -2.31. The van der Waals surface area contributed by atoms with Gasteiger partial charge < -0.3 is 9.64 Å². The van der Waals surface area contributed by atoms with Gasteiger partial charge in [0, 0.05) is 49.4 Å². The van der Waals surface area contributed by atoms with Crippen LogP contribution in [0.5, 0.6) is 0 Å². The van der Waals surface area contributed by atoms with Crippen molar-refractivity contribution in [2.75, 3.05) is 44.5 Å². The first-order valence-electron chi connectivity index (χ1n) is 11.0. The summed E-state index contributed by atoms with van der Waals surface area (Å²) in [5.74, 6) is 0.417. The minimum atomic E-state index is -3.27. The molecule has 0 saturated carbocycles. The van der Waals surface area contributed by atoms with E-state index in [9.17, 15) is 13.2 Å². The summed E-state index contributed by atoms with van der Waals surface area (Å²) in [6, 6.07) is 7.26. The van der Waals surface area contributed by atoms with Crippen molar-refractivity contribution in [2.45, 2.75) is 45.6 Å². The summed E-state index contributed by atoms with van der Waals surface area (Å²) in [6.45, 7) is 16.2. The number of benzene rings is 1. The number of nitrogens with zero attached hydrogens (tertiary/aromatic N) is 2. The summed E-state index contributed by atoms with van der Waals surface area (Å²) >= 11 is 0. The van der Waals surface area contributed by atoms with E-state index in [1.54, 1.807) is 19.2 Å². The van der Waals surface area contributed by atoms with Crippen molar-refractivity contribution in [2.24, 2.45) is 10.9 Å². The van der Waals surface area contributed by atoms with Crippen LogP contribution in [0.3, 0.4) is 0 Å². The molecular weight excluding hydrogens is 457 g/mol. The minimum Gasteiger partial charge on any atom is -0.379 e. The number of aliphatic imine (C=N–C) groups is 1. The van der Waals surface area contributed by atoms with Crippen molar-refractivity contribution in [3.63, 3.8) is 0 Å². The molecular formula is C24H40N3O4PS. The van der Waals surface area contributed by atoms with Gasteiger partial charge >= 0.3 is 0 Å². The molecule has 1 heterocycles. The third-order valence-corrected chi connectivity index (χ3v) is 7.04. The molecule has 33 heavy (non-hydrogen) atoms. The molecule has 7 nitrogen and oxygen atoms in total. The molecule has 0 bridgehead atoms. The quantitative estimate of drug-likeness (QED) is 0.324. The monoisotopic (exact) mass is 497 g/mol. The highest BCUT2D eigenvalue weighted by Gasteiger charge is 2.24. The first kappa shape index (κ1) is 29.3. The van der Waals surface area contributed by atoms with Gasteiger partial charge in [0.05, 0.1) is 11.9 Å². The zero-order valence-corrected chi connectivity index (χ0v) is 22.8. The Balaban J connectivity index is 0.000000801. The molecule has 1 fully saturated rings. The van der Waals surface area contributed by atoms with E-state index in [2.05, 4.69) is 24.6 Å². The van der Waals surface area contributed by atoms with Crippen LogP contribution in [0, 0.1) is 5.92 Å². The van der Waals surface area contributed by atoms with Crippen LogP contribution in [0.4, 0.5) is 5.69 Å². The highest BCUT2D eigenvalue weighted by atomic mass is 32.2. The molecule has 2 rings (SSSR count). The second-order valence-electron chi connectivity index (χ2n) is 9.41. The Morgan fingerprint density at radius 2 is 1.76 bits per heavy atom. The molecule has 0 unspecified atom stereocenters. The largest absolute Gasteiger partial charge is 0.379 e. The number of methoxy groups -OCH3 is 1. The Morgan fingerprint density at radius 3 is 2.15 bits per heavy atom. The molecule has 0 spiro atoms. The maximum atomic E-state index is 11.3. The SMILES string of the molecule is C=C(Cc1ccc(NS(C)(=O)=O)cc1)N=C(C1CCN(C=O)CC1)P(C)C.COC(C)(C)C. The van der Waals surface area contributed by atoms with Crippen molar-refractivity contribution in [3.05, 3.63) is 42.1 Å². The zero-order valence-electron chi connectivity index (χ0n) is 21.1. The molecule has 1 aliphatic heterocycles. The summed E-state index contributed by atoms with van der Waals surface area (Å²) in [5.41, 5.74) is 3.65. The number of sulfonamides is 1. The topological polar surface area (TPSA) is 88.1 Å². The van der Waals surface area contributed by atoms with Crippen LogP contribution < -0.4 is 4.72 Å². The van der Waals surface area contributed by atoms with Crippen LogP contribution in [0.2, 0.25) is 0 Å². The maximum absolute atomic E-state index is 11.3. The Morgan fingerprint density at radius 1 is 1.24 bits per heavy atom. The molecule has 0 atom stereocenters. The standard InChI is InChI=1S/C19H28N3O3PS.C5H12O/c1-15(13-16-5-7-18(8-6-16)21-27(4,24)25)20-19(26(2)3)17-9-11-22(14-23)12-10-17;1-5(2,3)6-4/h5-8,14,17,21H,1,9-13H2,2-4H3;1-4H3. The normalized spacial score (nSPS) is 15.6. The van der Waals surface area contributed by atoms with Crippen LogP contribution >= 0.6 is 7.92 Å². The van der Waals surface area contributed by atoms with Gasteiger partial charge in [-0.15, -0.1) is 0 Å². The van der Waals surface area contributed by atoms with Gasteiger partial charge in [-0.2, -0.15) is 0 Å². The number of carbonyl (C=O) groups excluding carboxylic acids is 1. The molecule has 1 aromatic rings. The Labute approximate surface area is 201 Å². The van der Waals surface area contributed by atoms with Gasteiger partial charge in [0.25, 0.3) is 0 Å². The average Bonchev–Trinajstić information content (AvgIpc) is 2.72. The van der Waals surface area contributed by atoms with Crippen molar-refractivity contribution < 1.29 is 17.9 Å². The van der Waals surface area contributed by atoms with Gasteiger partial charge in [-0.05, 0) is 64.6 Å². The molecule has 0 radical (unpaired) electrons. The van der Waals surface area contributed by atoms with E-state index < -0.39 is 10.0 Å². The van der Waals surface area contributed by atoms with Gasteiger partial charge in [-0.3, -0.25) is 14.5 Å². The van der Waals surface area contributed by atoms with E-state index in [0.29, 0.717) is 18.0 Å². The fourth-order valence-electron chi connectivity index (χ4n) is 3.16. The van der Waals surface area contributed by atoms with Gasteiger partial charge in [0.1, 0.15) is 0 Å². The number of anilines is 1. The lowest BCUT2D eigenvalue weighted by Crippen LogP contribution is -2.35. The first-order valence-corrected chi connectivity index (χ1v) is 15.1. The number of hydrogen-bond acceptors (Lipinski definition) is 5. The van der Waals surface area contributed by atoms with Gasteiger partial charge in [0.2, 0.25) is 16.4 Å². The van der Waals surface area contributed by atoms with Crippen molar-refractivity contribution in [3.8, 4) is 0 Å². The second kappa shape index (κ2) is 13.2. The third kappa shape index (κ3) is 12.3. The third-order valence-electron chi connectivity index (χ3n) is 5.05. The first-order chi connectivity index (χ1) is 15.2. The Hall–Kier alpha value is -1.76. The molecule has 0 aromatic heterocycles. The number of amides is 1. The van der Waals surface area contributed by atoms with E-state index in [1.807, 2.05) is 37.8 Å². The number of allylic oxidation sites excluding steroid dienone is 1. The van der Waals surface area contributed by atoms with E-state index in [-0.39, 0.29) is 13.5 Å². The van der Waals surface area contributed by atoms with E-state index >= 15 is 0 Å². The highest BCUT2D eigenvalue weighted by molar-refractivity contribution is 7.92. The predicted molar refractivity (Wildman–Crippen MR) is 141 cm³/mol. The van der Waals surface area contributed by atoms with E-state index in [4.69, 9.17) is 9.73 Å². The van der Waals surface area contributed by atoms with Gasteiger partial charge in [-0.25, -0.2) is 8.42 Å². The van der Waals surface area contributed by atoms with Gasteiger partial charge in [0.15, 0.2) is 0 Å². The van der Waals surface area contributed by atoms with Crippen molar-refractivity contribution in [1.82, 2.24) is 4.90 Å². The molecule has 0 aliphatic carbocycles. The summed E-state index contributed by atoms with van der Waals surface area (Å²) in [4.78, 5) is 17.6. The number of carbonyl (C=O) groups is 1. The molecule has 1 N–H and O–H groups in total. The summed E-state index contributed by atoms with van der Waals surface area (Å²) in [7, 11) is -1.89. The van der Waals surface area contributed by atoms with Crippen LogP contribution in [0.1, 0.15) is 39.2 Å². The maximum Gasteiger partial charge on any atom is 0.229 e. The fraction of sp³-hybridized carbons (Fsp3) is 0.583. The van der Waals surface area contributed by atoms with E-state index in [0.717, 1.165) is 49.9 Å². The molecule has 186 valence electrons. The number of likely N-dealkylation sites (tertiary alicyclic amines) is 1.